The molecule has 4 rings (SSSR count). The molecular weight excluding hydrogens is 349 g/mol. The normalized spacial score (nSPS) is 23.0. The molecule has 2 aliphatic heterocycles. The van der Waals surface area contributed by atoms with Crippen molar-refractivity contribution in [3.63, 3.8) is 0 Å². The number of nitrogens with zero attached hydrogens (tertiary/aromatic N) is 4. The monoisotopic (exact) mass is 373 g/mol. The smallest absolute Gasteiger partial charge is 0.276 e. The van der Waals surface area contributed by atoms with E-state index >= 15 is 0 Å². The lowest BCUT2D eigenvalue weighted by atomic mass is 9.95. The number of halogens is 1. The van der Waals surface area contributed by atoms with Gasteiger partial charge in [-0.25, -0.2) is 9.07 Å². The van der Waals surface area contributed by atoms with Gasteiger partial charge in [0.05, 0.1) is 25.5 Å². The number of ether oxygens (including phenoxy) is 1. The Hall–Kier alpha value is -2.32. The number of fused-ring (bicyclic) bond motifs is 1. The molecule has 2 aliphatic rings. The lowest BCUT2D eigenvalue weighted by Gasteiger charge is -2.23. The minimum absolute atomic E-state index is 0.0333. The third-order valence-corrected chi connectivity index (χ3v) is 5.22. The van der Waals surface area contributed by atoms with E-state index in [1.54, 1.807) is 21.8 Å². The van der Waals surface area contributed by atoms with Crippen molar-refractivity contribution in [1.29, 1.82) is 0 Å². The SMILES string of the molecule is CC1CN(C(=O)c2cn(CC3CNCCO3)nn2)CCc2ccc(F)cc21. The molecule has 1 N–H and O–H groups in total. The number of rotatable bonds is 3. The van der Waals surface area contributed by atoms with Gasteiger partial charge in [0.25, 0.3) is 5.91 Å². The Bertz CT molecular complexity index is 818. The van der Waals surface area contributed by atoms with E-state index in [-0.39, 0.29) is 23.7 Å². The quantitative estimate of drug-likeness (QED) is 0.876. The predicted octanol–water partition coefficient (Wildman–Crippen LogP) is 1.21. The molecule has 0 radical (unpaired) electrons. The van der Waals surface area contributed by atoms with Crippen LogP contribution in [0.5, 0.6) is 0 Å². The van der Waals surface area contributed by atoms with Crippen LogP contribution in [0.4, 0.5) is 4.39 Å². The number of benzene rings is 1. The Kier molecular flexibility index (Phi) is 5.18. The van der Waals surface area contributed by atoms with Crippen LogP contribution in [-0.2, 0) is 17.7 Å². The molecule has 27 heavy (non-hydrogen) atoms. The molecule has 8 heteroatoms. The fourth-order valence-electron chi connectivity index (χ4n) is 3.81. The maximum atomic E-state index is 13.6. The van der Waals surface area contributed by atoms with Crippen LogP contribution in [0.15, 0.2) is 24.4 Å². The lowest BCUT2D eigenvalue weighted by Crippen LogP contribution is -2.40. The van der Waals surface area contributed by atoms with Gasteiger partial charge in [0.15, 0.2) is 5.69 Å². The van der Waals surface area contributed by atoms with Crippen molar-refractivity contribution in [3.8, 4) is 0 Å². The highest BCUT2D eigenvalue weighted by atomic mass is 19.1. The Morgan fingerprint density at radius 2 is 2.33 bits per heavy atom. The summed E-state index contributed by atoms with van der Waals surface area (Å²) in [6.45, 7) is 6.02. The highest BCUT2D eigenvalue weighted by Gasteiger charge is 2.26. The molecule has 1 fully saturated rings. The van der Waals surface area contributed by atoms with Crippen LogP contribution in [0, 0.1) is 5.82 Å². The molecule has 0 bridgehead atoms. The minimum Gasteiger partial charge on any atom is -0.374 e. The molecule has 0 aliphatic carbocycles. The van der Waals surface area contributed by atoms with E-state index in [1.165, 1.54) is 6.07 Å². The molecule has 0 saturated carbocycles. The van der Waals surface area contributed by atoms with E-state index in [0.717, 1.165) is 24.2 Å². The maximum absolute atomic E-state index is 13.6. The summed E-state index contributed by atoms with van der Waals surface area (Å²) in [5, 5.41) is 11.4. The molecule has 2 atom stereocenters. The van der Waals surface area contributed by atoms with Crippen LogP contribution >= 0.6 is 0 Å². The van der Waals surface area contributed by atoms with Crippen molar-refractivity contribution in [3.05, 3.63) is 47.0 Å². The summed E-state index contributed by atoms with van der Waals surface area (Å²) in [7, 11) is 0. The third-order valence-electron chi connectivity index (χ3n) is 5.22. The molecule has 1 amide bonds. The standard InChI is InChI=1S/C19H24FN5O2/c1-13-10-24(6-4-14-2-3-15(20)8-17(13)14)19(26)18-12-25(23-22-18)11-16-9-21-5-7-27-16/h2-3,8,12-13,16,21H,4-7,9-11H2,1H3. The molecular formula is C19H24FN5O2. The predicted molar refractivity (Wildman–Crippen MR) is 97.1 cm³/mol. The Labute approximate surface area is 157 Å². The van der Waals surface area contributed by atoms with E-state index < -0.39 is 0 Å². The number of hydrogen-bond donors (Lipinski definition) is 1. The fourth-order valence-corrected chi connectivity index (χ4v) is 3.81. The molecule has 1 saturated heterocycles. The molecule has 7 nitrogen and oxygen atoms in total. The number of amides is 1. The maximum Gasteiger partial charge on any atom is 0.276 e. The summed E-state index contributed by atoms with van der Waals surface area (Å²) in [5.41, 5.74) is 2.42. The second kappa shape index (κ2) is 7.74. The number of aromatic nitrogens is 3. The zero-order valence-corrected chi connectivity index (χ0v) is 15.4. The van der Waals surface area contributed by atoms with Gasteiger partial charge in [-0.2, -0.15) is 0 Å². The number of carbonyl (C=O) groups is 1. The second-order valence-electron chi connectivity index (χ2n) is 7.27. The van der Waals surface area contributed by atoms with Crippen LogP contribution in [0.25, 0.3) is 0 Å². The molecule has 2 aromatic rings. The number of morpholine rings is 1. The van der Waals surface area contributed by atoms with Crippen molar-refractivity contribution in [2.75, 3.05) is 32.8 Å². The van der Waals surface area contributed by atoms with Crippen LogP contribution in [-0.4, -0.2) is 64.7 Å². The first kappa shape index (κ1) is 18.1. The summed E-state index contributed by atoms with van der Waals surface area (Å²) >= 11 is 0. The van der Waals surface area contributed by atoms with Crippen LogP contribution in [0.3, 0.4) is 0 Å². The lowest BCUT2D eigenvalue weighted by molar-refractivity contribution is 0.0158. The van der Waals surface area contributed by atoms with Crippen molar-refractivity contribution in [2.24, 2.45) is 0 Å². The number of carbonyl (C=O) groups excluding carboxylic acids is 1. The number of nitrogens with one attached hydrogen (secondary N) is 1. The summed E-state index contributed by atoms with van der Waals surface area (Å²) in [5.74, 6) is -0.300. The van der Waals surface area contributed by atoms with Crippen molar-refractivity contribution in [1.82, 2.24) is 25.2 Å². The highest BCUT2D eigenvalue weighted by molar-refractivity contribution is 5.92. The van der Waals surface area contributed by atoms with Crippen molar-refractivity contribution in [2.45, 2.75) is 31.9 Å². The molecule has 1 aromatic carbocycles. The van der Waals surface area contributed by atoms with Gasteiger partial charge >= 0.3 is 0 Å². The molecule has 3 heterocycles. The van der Waals surface area contributed by atoms with Gasteiger partial charge in [-0.1, -0.05) is 18.2 Å². The first-order valence-electron chi connectivity index (χ1n) is 9.40. The molecule has 144 valence electrons. The van der Waals surface area contributed by atoms with Crippen molar-refractivity contribution < 1.29 is 13.9 Å². The zero-order chi connectivity index (χ0) is 18.8. The summed E-state index contributed by atoms with van der Waals surface area (Å²) < 4.78 is 20.9. The minimum atomic E-state index is -0.234. The van der Waals surface area contributed by atoms with Crippen LogP contribution in [0.1, 0.15) is 34.5 Å². The summed E-state index contributed by atoms with van der Waals surface area (Å²) in [6.07, 6.45) is 2.43. The Morgan fingerprint density at radius 3 is 3.15 bits per heavy atom. The topological polar surface area (TPSA) is 72.3 Å². The second-order valence-corrected chi connectivity index (χ2v) is 7.27. The van der Waals surface area contributed by atoms with Gasteiger partial charge in [-0.05, 0) is 35.6 Å². The Morgan fingerprint density at radius 1 is 1.44 bits per heavy atom. The van der Waals surface area contributed by atoms with E-state index in [9.17, 15) is 9.18 Å². The largest absolute Gasteiger partial charge is 0.374 e. The number of hydrogen-bond acceptors (Lipinski definition) is 5. The molecule has 0 spiro atoms. The third kappa shape index (κ3) is 4.01. The Balaban J connectivity index is 1.44. The summed E-state index contributed by atoms with van der Waals surface area (Å²) in [4.78, 5) is 14.7. The summed E-state index contributed by atoms with van der Waals surface area (Å²) in [6, 6.07) is 4.89. The van der Waals surface area contributed by atoms with Crippen LogP contribution < -0.4 is 5.32 Å². The molecule has 1 aromatic heterocycles. The van der Waals surface area contributed by atoms with E-state index in [1.807, 2.05) is 13.0 Å². The average molecular weight is 373 g/mol. The van der Waals surface area contributed by atoms with Gasteiger partial charge in [-0.15, -0.1) is 5.10 Å². The fraction of sp³-hybridized carbons (Fsp3) is 0.526. The molecule has 2 unspecified atom stereocenters. The first-order chi connectivity index (χ1) is 13.1. The van der Waals surface area contributed by atoms with E-state index in [4.69, 9.17) is 4.74 Å². The van der Waals surface area contributed by atoms with E-state index in [0.29, 0.717) is 38.4 Å². The van der Waals surface area contributed by atoms with Crippen LogP contribution in [0.2, 0.25) is 0 Å². The first-order valence-corrected chi connectivity index (χ1v) is 9.40. The highest BCUT2D eigenvalue weighted by Crippen LogP contribution is 2.26. The van der Waals surface area contributed by atoms with Gasteiger partial charge in [-0.3, -0.25) is 4.79 Å². The van der Waals surface area contributed by atoms with E-state index in [2.05, 4.69) is 15.6 Å². The van der Waals surface area contributed by atoms with Crippen molar-refractivity contribution >= 4 is 5.91 Å². The zero-order valence-electron chi connectivity index (χ0n) is 15.4. The van der Waals surface area contributed by atoms with Gasteiger partial charge in [0.2, 0.25) is 0 Å². The van der Waals surface area contributed by atoms with Gasteiger partial charge in [0.1, 0.15) is 5.82 Å². The van der Waals surface area contributed by atoms with Gasteiger partial charge < -0.3 is 15.0 Å². The average Bonchev–Trinajstić information content (AvgIpc) is 3.07. The van der Waals surface area contributed by atoms with Gasteiger partial charge in [0, 0.05) is 26.2 Å².